The Morgan fingerprint density at radius 2 is 1.59 bits per heavy atom. The minimum atomic E-state index is -4.28. The fourth-order valence-corrected chi connectivity index (χ4v) is 2.14. The number of carbonyl (C=O) groups is 2. The summed E-state index contributed by atoms with van der Waals surface area (Å²) in [5, 5.41) is 2.64. The highest BCUT2D eigenvalue weighted by molar-refractivity contribution is 7.85. The van der Waals surface area contributed by atoms with E-state index >= 15 is 0 Å². The molecule has 1 aliphatic heterocycles. The predicted octanol–water partition coefficient (Wildman–Crippen LogP) is 1.07. The van der Waals surface area contributed by atoms with Crippen molar-refractivity contribution in [1.82, 2.24) is 0 Å². The lowest BCUT2D eigenvalue weighted by Crippen LogP contribution is -2.42. The van der Waals surface area contributed by atoms with Crippen LogP contribution in [0.1, 0.15) is 13.8 Å². The highest BCUT2D eigenvalue weighted by Gasteiger charge is 2.38. The number of hydrogen-bond acceptors (Lipinski definition) is 7. The van der Waals surface area contributed by atoms with E-state index in [2.05, 4.69) is 5.32 Å². The molecule has 0 atom stereocenters. The summed E-state index contributed by atoms with van der Waals surface area (Å²) in [6.45, 7) is 2.86. The van der Waals surface area contributed by atoms with E-state index in [1.165, 1.54) is 26.0 Å². The normalized spacial score (nSPS) is 17.5. The van der Waals surface area contributed by atoms with Crippen LogP contribution in [0.3, 0.4) is 0 Å². The van der Waals surface area contributed by atoms with Gasteiger partial charge in [-0.1, -0.05) is 0 Å². The molecule has 118 valence electrons. The van der Waals surface area contributed by atoms with E-state index in [0.29, 0.717) is 5.69 Å². The molecule has 1 aliphatic rings. The molecule has 0 radical (unpaired) electrons. The first-order chi connectivity index (χ1) is 10.1. The molecule has 2 rings (SSSR count). The zero-order valence-corrected chi connectivity index (χ0v) is 12.5. The maximum atomic E-state index is 11.7. The van der Waals surface area contributed by atoms with Gasteiger partial charge < -0.3 is 14.8 Å². The van der Waals surface area contributed by atoms with Gasteiger partial charge in [-0.25, -0.2) is 9.59 Å². The van der Waals surface area contributed by atoms with Crippen molar-refractivity contribution in [2.24, 2.45) is 0 Å². The molecule has 1 fully saturated rings. The van der Waals surface area contributed by atoms with Crippen molar-refractivity contribution in [2.45, 2.75) is 24.5 Å². The van der Waals surface area contributed by atoms with Gasteiger partial charge in [0, 0.05) is 25.7 Å². The SMILES string of the molecule is CC1(C)OC(=O)C(=CNc2ccc(S(=O)(=O)O)cc2)C(=O)O1. The monoisotopic (exact) mass is 327 g/mol. The minimum Gasteiger partial charge on any atom is -0.419 e. The fourth-order valence-electron chi connectivity index (χ4n) is 1.66. The number of rotatable bonds is 3. The average molecular weight is 327 g/mol. The van der Waals surface area contributed by atoms with Crippen LogP contribution in [0.4, 0.5) is 5.69 Å². The molecular formula is C13H13NO7S. The zero-order valence-electron chi connectivity index (χ0n) is 11.7. The number of nitrogens with one attached hydrogen (secondary N) is 1. The van der Waals surface area contributed by atoms with Gasteiger partial charge in [-0.3, -0.25) is 4.55 Å². The second kappa shape index (κ2) is 5.43. The molecule has 0 aromatic heterocycles. The molecule has 9 heteroatoms. The van der Waals surface area contributed by atoms with Gasteiger partial charge in [0.15, 0.2) is 5.57 Å². The molecule has 8 nitrogen and oxygen atoms in total. The van der Waals surface area contributed by atoms with Gasteiger partial charge in [-0.15, -0.1) is 0 Å². The lowest BCUT2D eigenvalue weighted by molar-refractivity contribution is -0.222. The van der Waals surface area contributed by atoms with E-state index < -0.39 is 27.8 Å². The van der Waals surface area contributed by atoms with Crippen LogP contribution in [0, 0.1) is 0 Å². The highest BCUT2D eigenvalue weighted by atomic mass is 32.2. The minimum absolute atomic E-state index is 0.274. The van der Waals surface area contributed by atoms with E-state index in [0.717, 1.165) is 18.3 Å². The summed E-state index contributed by atoms with van der Waals surface area (Å²) in [5.74, 6) is -2.98. The van der Waals surface area contributed by atoms with Crippen LogP contribution >= 0.6 is 0 Å². The van der Waals surface area contributed by atoms with E-state index in [-0.39, 0.29) is 10.5 Å². The fraction of sp³-hybridized carbons (Fsp3) is 0.231. The molecule has 0 saturated carbocycles. The van der Waals surface area contributed by atoms with E-state index in [9.17, 15) is 18.0 Å². The number of benzene rings is 1. The summed E-state index contributed by atoms with van der Waals surface area (Å²) in [7, 11) is -4.28. The quantitative estimate of drug-likeness (QED) is 0.366. The maximum absolute atomic E-state index is 11.7. The smallest absolute Gasteiger partial charge is 0.350 e. The van der Waals surface area contributed by atoms with Crippen molar-refractivity contribution in [2.75, 3.05) is 5.32 Å². The Morgan fingerprint density at radius 1 is 1.09 bits per heavy atom. The number of hydrogen-bond donors (Lipinski definition) is 2. The van der Waals surface area contributed by atoms with Crippen molar-refractivity contribution < 1.29 is 32.0 Å². The molecule has 0 unspecified atom stereocenters. The van der Waals surface area contributed by atoms with Crippen LogP contribution in [0.5, 0.6) is 0 Å². The molecule has 1 saturated heterocycles. The van der Waals surface area contributed by atoms with Gasteiger partial charge in [-0.05, 0) is 24.3 Å². The number of carbonyl (C=O) groups excluding carboxylic acids is 2. The first-order valence-corrected chi connectivity index (χ1v) is 7.53. The third kappa shape index (κ3) is 3.62. The van der Waals surface area contributed by atoms with Gasteiger partial charge in [-0.2, -0.15) is 8.42 Å². The number of anilines is 1. The molecule has 0 bridgehead atoms. The summed E-state index contributed by atoms with van der Waals surface area (Å²) < 4.78 is 40.5. The Bertz CT molecular complexity index is 725. The Labute approximate surface area is 126 Å². The van der Waals surface area contributed by atoms with E-state index in [1.54, 1.807) is 0 Å². The Morgan fingerprint density at radius 3 is 2.05 bits per heavy atom. The van der Waals surface area contributed by atoms with Crippen molar-refractivity contribution in [3.8, 4) is 0 Å². The third-order valence-corrected chi connectivity index (χ3v) is 3.52. The van der Waals surface area contributed by atoms with Gasteiger partial charge in [0.2, 0.25) is 0 Å². The molecule has 1 heterocycles. The van der Waals surface area contributed by atoms with Crippen LogP contribution in [-0.2, 0) is 29.2 Å². The zero-order chi connectivity index (χ0) is 16.5. The molecule has 22 heavy (non-hydrogen) atoms. The van der Waals surface area contributed by atoms with Crippen LogP contribution in [-0.4, -0.2) is 30.7 Å². The molecule has 1 aromatic carbocycles. The van der Waals surface area contributed by atoms with Crippen LogP contribution in [0.25, 0.3) is 0 Å². The van der Waals surface area contributed by atoms with E-state index in [4.69, 9.17) is 14.0 Å². The van der Waals surface area contributed by atoms with Crippen LogP contribution in [0.15, 0.2) is 40.9 Å². The highest BCUT2D eigenvalue weighted by Crippen LogP contribution is 2.23. The second-order valence-electron chi connectivity index (χ2n) is 4.88. The molecular weight excluding hydrogens is 314 g/mol. The first-order valence-electron chi connectivity index (χ1n) is 6.09. The first kappa shape index (κ1) is 16.0. The van der Waals surface area contributed by atoms with Crippen LogP contribution in [0.2, 0.25) is 0 Å². The topological polar surface area (TPSA) is 119 Å². The molecule has 0 amide bonds. The summed E-state index contributed by atoms with van der Waals surface area (Å²) in [4.78, 5) is 23.1. The summed E-state index contributed by atoms with van der Waals surface area (Å²) in [6.07, 6.45) is 1.10. The third-order valence-electron chi connectivity index (χ3n) is 2.65. The summed E-state index contributed by atoms with van der Waals surface area (Å²) in [6, 6.07) is 5.03. The van der Waals surface area contributed by atoms with Gasteiger partial charge >= 0.3 is 11.9 Å². The lowest BCUT2D eigenvalue weighted by atomic mass is 10.2. The molecule has 2 N–H and O–H groups in total. The van der Waals surface area contributed by atoms with Crippen molar-refractivity contribution in [3.63, 3.8) is 0 Å². The van der Waals surface area contributed by atoms with Gasteiger partial charge in [0.25, 0.3) is 15.9 Å². The standard InChI is InChI=1S/C13H13NO7S/c1-13(2)20-11(15)10(12(16)21-13)7-14-8-3-5-9(6-4-8)22(17,18)19/h3-7,14H,1-2H3,(H,17,18,19). The van der Waals surface area contributed by atoms with Crippen molar-refractivity contribution in [1.29, 1.82) is 0 Å². The lowest BCUT2D eigenvalue weighted by Gasteiger charge is -2.29. The number of cyclic esters (lactones) is 2. The Balaban J connectivity index is 2.15. The number of esters is 2. The van der Waals surface area contributed by atoms with E-state index in [1.807, 2.05) is 0 Å². The Hall–Kier alpha value is -2.39. The Kier molecular flexibility index (Phi) is 3.94. The summed E-state index contributed by atoms with van der Waals surface area (Å²) in [5.41, 5.74) is 0.0727. The largest absolute Gasteiger partial charge is 0.419 e. The van der Waals surface area contributed by atoms with Crippen LogP contribution < -0.4 is 5.32 Å². The second-order valence-corrected chi connectivity index (χ2v) is 6.30. The number of ether oxygens (including phenoxy) is 2. The molecule has 1 aromatic rings. The average Bonchev–Trinajstić information content (AvgIpc) is 2.35. The predicted molar refractivity (Wildman–Crippen MR) is 74.2 cm³/mol. The van der Waals surface area contributed by atoms with Crippen molar-refractivity contribution >= 4 is 27.7 Å². The maximum Gasteiger partial charge on any atom is 0.350 e. The van der Waals surface area contributed by atoms with Crippen molar-refractivity contribution in [3.05, 3.63) is 36.0 Å². The molecule has 0 spiro atoms. The summed E-state index contributed by atoms with van der Waals surface area (Å²) >= 11 is 0. The van der Waals surface area contributed by atoms with Gasteiger partial charge in [0.1, 0.15) is 0 Å². The molecule has 0 aliphatic carbocycles. The van der Waals surface area contributed by atoms with Gasteiger partial charge in [0.05, 0.1) is 4.90 Å².